The summed E-state index contributed by atoms with van der Waals surface area (Å²) >= 11 is 0. The van der Waals surface area contributed by atoms with Crippen molar-refractivity contribution in [1.82, 2.24) is 0 Å². The van der Waals surface area contributed by atoms with Crippen LogP contribution in [0.15, 0.2) is 0 Å². The van der Waals surface area contributed by atoms with Crippen LogP contribution in [0, 0.1) is 0 Å². The molecule has 1 aliphatic rings. The number of hydrogen-bond acceptors (Lipinski definition) is 3. The molecule has 0 bridgehead atoms. The highest BCUT2D eigenvalue weighted by Crippen LogP contribution is 2.25. The molecule has 3 heteroatoms. The van der Waals surface area contributed by atoms with Crippen molar-refractivity contribution in [2.45, 2.75) is 109 Å². The Balaban J connectivity index is 1.76. The largest absolute Gasteiger partial charge is 0.469 e. The molecule has 22 heavy (non-hydrogen) atoms. The summed E-state index contributed by atoms with van der Waals surface area (Å²) in [7, 11) is 1.46. The molecule has 0 spiro atoms. The second-order valence-electron chi connectivity index (χ2n) is 6.66. The lowest BCUT2D eigenvalue weighted by molar-refractivity contribution is -0.140. The molecule has 1 heterocycles. The molecule has 3 nitrogen and oxygen atoms in total. The number of carbonyl (C=O) groups is 1. The first-order chi connectivity index (χ1) is 10.8. The minimum Gasteiger partial charge on any atom is -0.469 e. The molecule has 1 aliphatic heterocycles. The molecule has 0 aromatic heterocycles. The lowest BCUT2D eigenvalue weighted by Gasteiger charge is -2.11. The minimum atomic E-state index is -0.0727. The molecule has 130 valence electrons. The normalized spacial score (nSPS) is 21.2. The summed E-state index contributed by atoms with van der Waals surface area (Å²) in [4.78, 5) is 10.9. The van der Waals surface area contributed by atoms with Gasteiger partial charge in [-0.25, -0.2) is 0 Å². The van der Waals surface area contributed by atoms with Gasteiger partial charge in [0.15, 0.2) is 0 Å². The molecule has 1 rings (SSSR count). The van der Waals surface area contributed by atoms with Gasteiger partial charge >= 0.3 is 5.97 Å². The third-order valence-electron chi connectivity index (χ3n) is 4.79. The van der Waals surface area contributed by atoms with E-state index >= 15 is 0 Å². The average molecular weight is 312 g/mol. The van der Waals surface area contributed by atoms with Crippen molar-refractivity contribution >= 4 is 5.97 Å². The summed E-state index contributed by atoms with van der Waals surface area (Å²) in [6.07, 6.45) is 18.2. The first kappa shape index (κ1) is 19.5. The number of hydrogen-bond donors (Lipinski definition) is 0. The van der Waals surface area contributed by atoms with E-state index < -0.39 is 0 Å². The highest BCUT2D eigenvalue weighted by Gasteiger charge is 2.22. The summed E-state index contributed by atoms with van der Waals surface area (Å²) in [5.74, 6) is -0.0727. The van der Waals surface area contributed by atoms with E-state index in [9.17, 15) is 4.79 Å². The Morgan fingerprint density at radius 2 is 1.45 bits per heavy atom. The Bertz CT molecular complexity index is 278. The summed E-state index contributed by atoms with van der Waals surface area (Å²) in [5.41, 5.74) is 0. The van der Waals surface area contributed by atoms with Gasteiger partial charge in [-0.1, -0.05) is 58.3 Å². The Morgan fingerprint density at radius 1 is 0.909 bits per heavy atom. The number of esters is 1. The zero-order valence-electron chi connectivity index (χ0n) is 14.8. The fourth-order valence-corrected chi connectivity index (χ4v) is 3.27. The highest BCUT2D eigenvalue weighted by molar-refractivity contribution is 5.68. The van der Waals surface area contributed by atoms with Crippen molar-refractivity contribution in [3.63, 3.8) is 0 Å². The van der Waals surface area contributed by atoms with E-state index in [2.05, 4.69) is 11.7 Å². The summed E-state index contributed by atoms with van der Waals surface area (Å²) < 4.78 is 10.6. The zero-order chi connectivity index (χ0) is 16.0. The van der Waals surface area contributed by atoms with Crippen LogP contribution in [-0.4, -0.2) is 25.3 Å². The highest BCUT2D eigenvalue weighted by atomic mass is 16.5. The summed E-state index contributed by atoms with van der Waals surface area (Å²) in [6, 6.07) is 0. The van der Waals surface area contributed by atoms with Crippen LogP contribution in [0.1, 0.15) is 96.8 Å². The summed E-state index contributed by atoms with van der Waals surface area (Å²) in [5, 5.41) is 0. The van der Waals surface area contributed by atoms with Gasteiger partial charge in [-0.2, -0.15) is 0 Å². The molecule has 0 aliphatic carbocycles. The maximum atomic E-state index is 10.9. The van der Waals surface area contributed by atoms with Gasteiger partial charge in [-0.3, -0.25) is 4.79 Å². The van der Waals surface area contributed by atoms with E-state index in [1.54, 1.807) is 0 Å². The molecular formula is C19H36O3. The predicted molar refractivity (Wildman–Crippen MR) is 91.0 cm³/mol. The third-order valence-corrected chi connectivity index (χ3v) is 4.79. The standard InChI is InChI=1S/C19H36O3/c1-3-17-15-16-18(22-17)13-11-9-7-5-4-6-8-10-12-14-19(20)21-2/h17-18H,3-16H2,1-2H3/t17-,18-/m0/s1. The first-order valence-corrected chi connectivity index (χ1v) is 9.48. The number of methoxy groups -OCH3 is 1. The maximum absolute atomic E-state index is 10.9. The maximum Gasteiger partial charge on any atom is 0.305 e. The van der Waals surface area contributed by atoms with E-state index in [1.807, 2.05) is 0 Å². The molecule has 0 aromatic rings. The molecule has 0 N–H and O–H groups in total. The van der Waals surface area contributed by atoms with Crippen molar-refractivity contribution in [3.05, 3.63) is 0 Å². The lowest BCUT2D eigenvalue weighted by atomic mass is 10.0. The monoisotopic (exact) mass is 312 g/mol. The molecule has 2 atom stereocenters. The van der Waals surface area contributed by atoms with Crippen LogP contribution in [0.3, 0.4) is 0 Å². The first-order valence-electron chi connectivity index (χ1n) is 9.48. The quantitative estimate of drug-likeness (QED) is 0.337. The Kier molecular flexibility index (Phi) is 11.4. The zero-order valence-corrected chi connectivity index (χ0v) is 14.8. The van der Waals surface area contributed by atoms with Gasteiger partial charge < -0.3 is 9.47 Å². The van der Waals surface area contributed by atoms with Crippen molar-refractivity contribution in [3.8, 4) is 0 Å². The molecule has 0 saturated carbocycles. The number of rotatable bonds is 13. The van der Waals surface area contributed by atoms with Crippen LogP contribution in [-0.2, 0) is 14.3 Å². The van der Waals surface area contributed by atoms with Crippen LogP contribution in [0.25, 0.3) is 0 Å². The Hall–Kier alpha value is -0.570. The van der Waals surface area contributed by atoms with Crippen molar-refractivity contribution < 1.29 is 14.3 Å². The number of ether oxygens (including phenoxy) is 2. The van der Waals surface area contributed by atoms with E-state index in [4.69, 9.17) is 4.74 Å². The van der Waals surface area contributed by atoms with Crippen molar-refractivity contribution in [2.75, 3.05) is 7.11 Å². The van der Waals surface area contributed by atoms with Crippen LogP contribution >= 0.6 is 0 Å². The van der Waals surface area contributed by atoms with Crippen molar-refractivity contribution in [2.24, 2.45) is 0 Å². The Morgan fingerprint density at radius 3 is 2.00 bits per heavy atom. The minimum absolute atomic E-state index is 0.0727. The van der Waals surface area contributed by atoms with Gasteiger partial charge in [0, 0.05) is 6.42 Å². The van der Waals surface area contributed by atoms with E-state index in [0.717, 1.165) is 12.8 Å². The fourth-order valence-electron chi connectivity index (χ4n) is 3.27. The number of unbranched alkanes of at least 4 members (excludes halogenated alkanes) is 8. The molecular weight excluding hydrogens is 276 g/mol. The summed E-state index contributed by atoms with van der Waals surface area (Å²) in [6.45, 7) is 2.22. The van der Waals surface area contributed by atoms with Gasteiger partial charge in [0.1, 0.15) is 0 Å². The average Bonchev–Trinajstić information content (AvgIpc) is 3.00. The smallest absolute Gasteiger partial charge is 0.305 e. The third kappa shape index (κ3) is 9.45. The van der Waals surface area contributed by atoms with Gasteiger partial charge in [-0.05, 0) is 32.1 Å². The van der Waals surface area contributed by atoms with Crippen LogP contribution in [0.4, 0.5) is 0 Å². The molecule has 1 saturated heterocycles. The van der Waals surface area contributed by atoms with Crippen LogP contribution in [0.5, 0.6) is 0 Å². The van der Waals surface area contributed by atoms with Gasteiger partial charge in [-0.15, -0.1) is 0 Å². The molecule has 0 unspecified atom stereocenters. The van der Waals surface area contributed by atoms with E-state index in [-0.39, 0.29) is 5.97 Å². The van der Waals surface area contributed by atoms with Gasteiger partial charge in [0.2, 0.25) is 0 Å². The topological polar surface area (TPSA) is 35.5 Å². The van der Waals surface area contributed by atoms with Gasteiger partial charge in [0.25, 0.3) is 0 Å². The van der Waals surface area contributed by atoms with Gasteiger partial charge in [0.05, 0.1) is 19.3 Å². The SMILES string of the molecule is CC[C@H]1CC[C@H](CCCCCCCCCCCC(=O)OC)O1. The Labute approximate surface area is 137 Å². The second kappa shape index (κ2) is 12.9. The molecule has 1 fully saturated rings. The molecule has 0 radical (unpaired) electrons. The van der Waals surface area contributed by atoms with Crippen molar-refractivity contribution in [1.29, 1.82) is 0 Å². The fraction of sp³-hybridized carbons (Fsp3) is 0.947. The second-order valence-corrected chi connectivity index (χ2v) is 6.66. The predicted octanol–water partition coefficient (Wildman–Crippen LogP) is 5.41. The molecule has 0 aromatic carbocycles. The number of carbonyl (C=O) groups excluding carboxylic acids is 1. The van der Waals surface area contributed by atoms with E-state index in [1.165, 1.54) is 77.7 Å². The molecule has 0 amide bonds. The van der Waals surface area contributed by atoms with E-state index in [0.29, 0.717) is 18.6 Å². The lowest BCUT2D eigenvalue weighted by Crippen LogP contribution is -2.09. The van der Waals surface area contributed by atoms with Crippen LogP contribution < -0.4 is 0 Å². The van der Waals surface area contributed by atoms with Crippen LogP contribution in [0.2, 0.25) is 0 Å².